The van der Waals surface area contributed by atoms with Gasteiger partial charge in [-0.05, 0) is 62.2 Å². The summed E-state index contributed by atoms with van der Waals surface area (Å²) >= 11 is 6.08. The molecule has 0 bridgehead atoms. The molecule has 1 saturated carbocycles. The number of carbonyl (C=O) groups excluding carboxylic acids is 1. The summed E-state index contributed by atoms with van der Waals surface area (Å²) in [6.45, 7) is 1.52. The minimum Gasteiger partial charge on any atom is -0.481 e. The molecule has 6 nitrogen and oxygen atoms in total. The Morgan fingerprint density at radius 2 is 1.89 bits per heavy atom. The summed E-state index contributed by atoms with van der Waals surface area (Å²) in [6.07, 6.45) is 0.722. The van der Waals surface area contributed by atoms with Crippen LogP contribution in [0.4, 0.5) is 10.1 Å². The molecular formula is C18H18ClFN2O4S. The average molecular weight is 413 g/mol. The van der Waals surface area contributed by atoms with Gasteiger partial charge in [-0.25, -0.2) is 17.5 Å². The number of hydrogen-bond acceptors (Lipinski definition) is 4. The molecule has 1 atom stereocenters. The van der Waals surface area contributed by atoms with Gasteiger partial charge in [0.15, 0.2) is 6.10 Å². The highest BCUT2D eigenvalue weighted by molar-refractivity contribution is 7.89. The summed E-state index contributed by atoms with van der Waals surface area (Å²) in [6, 6.07) is 9.30. The van der Waals surface area contributed by atoms with Gasteiger partial charge in [0, 0.05) is 6.04 Å². The number of anilines is 1. The summed E-state index contributed by atoms with van der Waals surface area (Å²) < 4.78 is 45.6. The summed E-state index contributed by atoms with van der Waals surface area (Å²) in [7, 11) is -3.67. The van der Waals surface area contributed by atoms with Crippen molar-refractivity contribution < 1.29 is 22.3 Å². The number of amides is 1. The molecule has 1 aliphatic carbocycles. The third kappa shape index (κ3) is 5.18. The molecule has 9 heteroatoms. The van der Waals surface area contributed by atoms with Crippen LogP contribution in [0.2, 0.25) is 5.02 Å². The molecule has 0 saturated heterocycles. The second kappa shape index (κ2) is 7.84. The zero-order valence-electron chi connectivity index (χ0n) is 14.4. The van der Waals surface area contributed by atoms with Crippen LogP contribution in [0.1, 0.15) is 19.8 Å². The van der Waals surface area contributed by atoms with Crippen LogP contribution in [-0.2, 0) is 14.8 Å². The first kappa shape index (κ1) is 19.6. The van der Waals surface area contributed by atoms with E-state index in [2.05, 4.69) is 10.0 Å². The average Bonchev–Trinajstić information content (AvgIpc) is 3.42. The fourth-order valence-corrected chi connectivity index (χ4v) is 3.76. The van der Waals surface area contributed by atoms with Gasteiger partial charge in [0.05, 0.1) is 15.6 Å². The molecule has 0 spiro atoms. The molecule has 27 heavy (non-hydrogen) atoms. The normalized spacial score (nSPS) is 15.2. The molecule has 0 radical (unpaired) electrons. The van der Waals surface area contributed by atoms with Crippen molar-refractivity contribution in [2.45, 2.75) is 36.8 Å². The van der Waals surface area contributed by atoms with E-state index in [1.165, 1.54) is 49.4 Å². The molecule has 0 aromatic heterocycles. The number of carbonyl (C=O) groups is 1. The summed E-state index contributed by atoms with van der Waals surface area (Å²) in [4.78, 5) is 12.4. The number of sulfonamides is 1. The van der Waals surface area contributed by atoms with E-state index in [0.29, 0.717) is 5.75 Å². The Labute approximate surface area is 161 Å². The van der Waals surface area contributed by atoms with Gasteiger partial charge in [0.1, 0.15) is 11.6 Å². The Bertz CT molecular complexity index is 946. The molecule has 144 valence electrons. The molecule has 0 unspecified atom stereocenters. The Morgan fingerprint density at radius 1 is 1.22 bits per heavy atom. The summed E-state index contributed by atoms with van der Waals surface area (Å²) in [5, 5.41) is 2.76. The number of rotatable bonds is 7. The predicted molar refractivity (Wildman–Crippen MR) is 99.9 cm³/mol. The minimum absolute atomic E-state index is 0.0150. The predicted octanol–water partition coefficient (Wildman–Crippen LogP) is 3.33. The lowest BCUT2D eigenvalue weighted by atomic mass is 10.3. The molecule has 1 aliphatic rings. The van der Waals surface area contributed by atoms with Gasteiger partial charge in [-0.1, -0.05) is 11.6 Å². The van der Waals surface area contributed by atoms with Crippen LogP contribution >= 0.6 is 11.6 Å². The summed E-state index contributed by atoms with van der Waals surface area (Å²) in [5.41, 5.74) is 0.162. The second-order valence-corrected chi connectivity index (χ2v) is 8.36. The highest BCUT2D eigenvalue weighted by Crippen LogP contribution is 2.28. The number of halogens is 2. The number of nitrogens with one attached hydrogen (secondary N) is 2. The van der Waals surface area contributed by atoms with Gasteiger partial charge in [-0.3, -0.25) is 4.79 Å². The van der Waals surface area contributed by atoms with Crippen LogP contribution in [0.15, 0.2) is 47.4 Å². The van der Waals surface area contributed by atoms with Crippen molar-refractivity contribution in [1.82, 2.24) is 4.72 Å². The van der Waals surface area contributed by atoms with Crippen LogP contribution in [0.5, 0.6) is 5.75 Å². The smallest absolute Gasteiger partial charge is 0.265 e. The van der Waals surface area contributed by atoms with Crippen molar-refractivity contribution in [1.29, 1.82) is 0 Å². The minimum atomic E-state index is -3.67. The Hall–Kier alpha value is -2.16. The van der Waals surface area contributed by atoms with Crippen LogP contribution in [0.25, 0.3) is 0 Å². The second-order valence-electron chi connectivity index (χ2n) is 6.24. The molecule has 1 fully saturated rings. The fraction of sp³-hybridized carbons (Fsp3) is 0.278. The Kier molecular flexibility index (Phi) is 5.69. The van der Waals surface area contributed by atoms with Crippen molar-refractivity contribution in [3.8, 4) is 5.75 Å². The maximum atomic E-state index is 12.9. The van der Waals surface area contributed by atoms with E-state index in [-0.39, 0.29) is 21.6 Å². The quantitative estimate of drug-likeness (QED) is 0.730. The molecule has 0 heterocycles. The van der Waals surface area contributed by atoms with Gasteiger partial charge in [0.2, 0.25) is 10.0 Å². The van der Waals surface area contributed by atoms with Crippen molar-refractivity contribution >= 4 is 33.2 Å². The molecule has 3 rings (SSSR count). The molecule has 0 aliphatic heterocycles. The van der Waals surface area contributed by atoms with E-state index in [1.807, 2.05) is 0 Å². The number of ether oxygens (including phenoxy) is 1. The van der Waals surface area contributed by atoms with Gasteiger partial charge >= 0.3 is 0 Å². The van der Waals surface area contributed by atoms with Crippen LogP contribution in [0.3, 0.4) is 0 Å². The third-order valence-corrected chi connectivity index (χ3v) is 5.75. The Morgan fingerprint density at radius 3 is 2.52 bits per heavy atom. The number of benzene rings is 2. The van der Waals surface area contributed by atoms with E-state index >= 15 is 0 Å². The van der Waals surface area contributed by atoms with Gasteiger partial charge < -0.3 is 10.1 Å². The fourth-order valence-electron chi connectivity index (χ4n) is 2.26. The van der Waals surface area contributed by atoms with Crippen molar-refractivity contribution in [2.75, 3.05) is 5.32 Å². The highest BCUT2D eigenvalue weighted by atomic mass is 35.5. The first-order valence-electron chi connectivity index (χ1n) is 8.29. The molecule has 2 N–H and O–H groups in total. The third-order valence-electron chi connectivity index (χ3n) is 3.90. The first-order valence-corrected chi connectivity index (χ1v) is 10.2. The molecule has 1 amide bonds. The van der Waals surface area contributed by atoms with Gasteiger partial charge in [-0.2, -0.15) is 0 Å². The standard InChI is InChI=1S/C18H18ClFN2O4S/c1-11(26-14-6-2-12(20)3-7-14)18(23)21-17-10-15(8-9-16(17)19)27(24,25)22-13-4-5-13/h2-3,6-11,13,22H,4-5H2,1H3,(H,21,23)/t11-/m1/s1. The largest absolute Gasteiger partial charge is 0.481 e. The van der Waals surface area contributed by atoms with Crippen LogP contribution in [-0.4, -0.2) is 26.5 Å². The molecule has 2 aromatic rings. The lowest BCUT2D eigenvalue weighted by molar-refractivity contribution is -0.122. The Balaban J connectivity index is 1.70. The van der Waals surface area contributed by atoms with Crippen molar-refractivity contribution in [2.24, 2.45) is 0 Å². The zero-order chi connectivity index (χ0) is 19.6. The number of hydrogen-bond donors (Lipinski definition) is 2. The van der Waals surface area contributed by atoms with E-state index in [0.717, 1.165) is 12.8 Å². The lowest BCUT2D eigenvalue weighted by Gasteiger charge is -2.16. The van der Waals surface area contributed by atoms with E-state index in [9.17, 15) is 17.6 Å². The van der Waals surface area contributed by atoms with E-state index < -0.39 is 27.9 Å². The maximum Gasteiger partial charge on any atom is 0.265 e. The van der Waals surface area contributed by atoms with E-state index in [1.54, 1.807) is 0 Å². The SMILES string of the molecule is C[C@@H](Oc1ccc(F)cc1)C(=O)Nc1cc(S(=O)(=O)NC2CC2)ccc1Cl. The maximum absolute atomic E-state index is 12.9. The topological polar surface area (TPSA) is 84.5 Å². The van der Waals surface area contributed by atoms with Gasteiger partial charge in [-0.15, -0.1) is 0 Å². The van der Waals surface area contributed by atoms with Crippen LogP contribution < -0.4 is 14.8 Å². The van der Waals surface area contributed by atoms with Gasteiger partial charge in [0.25, 0.3) is 5.91 Å². The monoisotopic (exact) mass is 412 g/mol. The molecule has 2 aromatic carbocycles. The lowest BCUT2D eigenvalue weighted by Crippen LogP contribution is -2.30. The van der Waals surface area contributed by atoms with Crippen molar-refractivity contribution in [3.05, 3.63) is 53.3 Å². The van der Waals surface area contributed by atoms with E-state index in [4.69, 9.17) is 16.3 Å². The highest BCUT2D eigenvalue weighted by Gasteiger charge is 2.28. The summed E-state index contributed by atoms with van der Waals surface area (Å²) in [5.74, 6) is -0.606. The van der Waals surface area contributed by atoms with Crippen molar-refractivity contribution in [3.63, 3.8) is 0 Å². The van der Waals surface area contributed by atoms with Crippen LogP contribution in [0, 0.1) is 5.82 Å². The first-order chi connectivity index (χ1) is 12.7. The zero-order valence-corrected chi connectivity index (χ0v) is 16.0. The molecular weight excluding hydrogens is 395 g/mol.